The highest BCUT2D eigenvalue weighted by atomic mass is 16.5. The third-order valence-electron chi connectivity index (χ3n) is 3.09. The Hall–Kier alpha value is -2.63. The van der Waals surface area contributed by atoms with Crippen LogP contribution in [-0.2, 0) is 4.74 Å². The van der Waals surface area contributed by atoms with Gasteiger partial charge in [0.25, 0.3) is 0 Å². The molecule has 0 saturated heterocycles. The molecule has 0 unspecified atom stereocenters. The van der Waals surface area contributed by atoms with Crippen molar-refractivity contribution in [3.8, 4) is 0 Å². The van der Waals surface area contributed by atoms with Crippen molar-refractivity contribution in [3.63, 3.8) is 0 Å². The van der Waals surface area contributed by atoms with E-state index >= 15 is 0 Å². The molecule has 19 heavy (non-hydrogen) atoms. The largest absolute Gasteiger partial charge is 0.465 e. The summed E-state index contributed by atoms with van der Waals surface area (Å²) in [6, 6.07) is 5.13. The molecule has 0 saturated carbocycles. The standard InChI is InChI=1S/C13H12N4O2/c1-7-11-12(14)16-9-4-3-8(13(18)19-2)5-10(9)17(11)6-15-7/h3-6H,1-2H3,(H2,14,16). The molecule has 0 aliphatic rings. The van der Waals surface area contributed by atoms with Crippen LogP contribution in [0.25, 0.3) is 16.6 Å². The molecule has 0 aliphatic heterocycles. The van der Waals surface area contributed by atoms with Gasteiger partial charge in [-0.1, -0.05) is 0 Å². The minimum atomic E-state index is -0.385. The molecule has 0 amide bonds. The van der Waals surface area contributed by atoms with E-state index < -0.39 is 0 Å². The van der Waals surface area contributed by atoms with Gasteiger partial charge in [-0.2, -0.15) is 0 Å². The number of nitrogens with zero attached hydrogens (tertiary/aromatic N) is 3. The van der Waals surface area contributed by atoms with E-state index in [2.05, 4.69) is 9.97 Å². The SMILES string of the molecule is COC(=O)c1ccc2nc(N)c3c(C)ncn3c2c1. The molecular weight excluding hydrogens is 244 g/mol. The first kappa shape index (κ1) is 11.5. The second-order valence-corrected chi connectivity index (χ2v) is 4.24. The number of rotatable bonds is 1. The average Bonchev–Trinajstić information content (AvgIpc) is 2.81. The number of imidazole rings is 1. The summed E-state index contributed by atoms with van der Waals surface area (Å²) in [5, 5.41) is 0. The van der Waals surface area contributed by atoms with Crippen molar-refractivity contribution in [1.82, 2.24) is 14.4 Å². The number of aromatic nitrogens is 3. The van der Waals surface area contributed by atoms with Gasteiger partial charge in [-0.3, -0.25) is 4.40 Å². The highest BCUT2D eigenvalue weighted by Crippen LogP contribution is 2.23. The van der Waals surface area contributed by atoms with Crippen LogP contribution in [-0.4, -0.2) is 27.4 Å². The van der Waals surface area contributed by atoms with Gasteiger partial charge in [-0.15, -0.1) is 0 Å². The van der Waals surface area contributed by atoms with Crippen molar-refractivity contribution in [1.29, 1.82) is 0 Å². The summed E-state index contributed by atoms with van der Waals surface area (Å²) < 4.78 is 6.55. The maximum Gasteiger partial charge on any atom is 0.337 e. The molecule has 1 aromatic carbocycles. The molecule has 3 rings (SSSR count). The van der Waals surface area contributed by atoms with Gasteiger partial charge >= 0.3 is 5.97 Å². The molecule has 0 radical (unpaired) electrons. The number of hydrogen-bond donors (Lipinski definition) is 1. The zero-order chi connectivity index (χ0) is 13.6. The van der Waals surface area contributed by atoms with Crippen LogP contribution < -0.4 is 5.73 Å². The number of ether oxygens (including phenoxy) is 1. The maximum atomic E-state index is 11.6. The zero-order valence-corrected chi connectivity index (χ0v) is 10.5. The Kier molecular flexibility index (Phi) is 2.38. The Morgan fingerprint density at radius 1 is 1.42 bits per heavy atom. The topological polar surface area (TPSA) is 82.5 Å². The first-order chi connectivity index (χ1) is 9.11. The van der Waals surface area contributed by atoms with E-state index in [1.54, 1.807) is 24.5 Å². The van der Waals surface area contributed by atoms with Crippen LogP contribution in [0.3, 0.4) is 0 Å². The van der Waals surface area contributed by atoms with Crippen LogP contribution in [0.1, 0.15) is 16.1 Å². The first-order valence-corrected chi connectivity index (χ1v) is 5.73. The third kappa shape index (κ3) is 1.61. The number of anilines is 1. The van der Waals surface area contributed by atoms with E-state index in [1.807, 2.05) is 11.3 Å². The first-order valence-electron chi connectivity index (χ1n) is 5.73. The lowest BCUT2D eigenvalue weighted by Crippen LogP contribution is -2.03. The Labute approximate surface area is 108 Å². The minimum Gasteiger partial charge on any atom is -0.465 e. The van der Waals surface area contributed by atoms with Crippen molar-refractivity contribution in [2.75, 3.05) is 12.8 Å². The van der Waals surface area contributed by atoms with E-state index in [9.17, 15) is 4.79 Å². The monoisotopic (exact) mass is 256 g/mol. The van der Waals surface area contributed by atoms with Crippen molar-refractivity contribution in [2.45, 2.75) is 6.92 Å². The molecule has 2 aromatic heterocycles. The molecule has 3 aromatic rings. The molecule has 0 fully saturated rings. The van der Waals surface area contributed by atoms with E-state index in [4.69, 9.17) is 10.5 Å². The predicted molar refractivity (Wildman–Crippen MR) is 71.0 cm³/mol. The fourth-order valence-corrected chi connectivity index (χ4v) is 2.17. The lowest BCUT2D eigenvalue weighted by molar-refractivity contribution is 0.0601. The summed E-state index contributed by atoms with van der Waals surface area (Å²) in [7, 11) is 1.35. The number of nitrogens with two attached hydrogens (primary N) is 1. The summed E-state index contributed by atoms with van der Waals surface area (Å²) in [6.45, 7) is 1.86. The number of fused-ring (bicyclic) bond motifs is 3. The number of hydrogen-bond acceptors (Lipinski definition) is 5. The lowest BCUT2D eigenvalue weighted by atomic mass is 10.2. The highest BCUT2D eigenvalue weighted by molar-refractivity contribution is 5.95. The number of nitrogen functional groups attached to an aromatic ring is 1. The van der Waals surface area contributed by atoms with Gasteiger partial charge in [-0.05, 0) is 25.1 Å². The summed E-state index contributed by atoms with van der Waals surface area (Å²) in [6.07, 6.45) is 1.67. The van der Waals surface area contributed by atoms with Crippen LogP contribution in [0, 0.1) is 6.92 Å². The molecule has 2 heterocycles. The van der Waals surface area contributed by atoms with Gasteiger partial charge < -0.3 is 10.5 Å². The fourth-order valence-electron chi connectivity index (χ4n) is 2.17. The number of benzene rings is 1. The van der Waals surface area contributed by atoms with E-state index in [0.717, 1.165) is 16.7 Å². The predicted octanol–water partition coefficient (Wildman–Crippen LogP) is 1.56. The number of methoxy groups -OCH3 is 1. The van der Waals surface area contributed by atoms with E-state index in [0.29, 0.717) is 16.9 Å². The quantitative estimate of drug-likeness (QED) is 0.668. The van der Waals surface area contributed by atoms with Crippen molar-refractivity contribution in [2.24, 2.45) is 0 Å². The van der Waals surface area contributed by atoms with Gasteiger partial charge in [-0.25, -0.2) is 14.8 Å². The van der Waals surface area contributed by atoms with Gasteiger partial charge in [0, 0.05) is 0 Å². The maximum absolute atomic E-state index is 11.6. The number of carbonyl (C=O) groups is 1. The molecule has 96 valence electrons. The highest BCUT2D eigenvalue weighted by Gasteiger charge is 2.12. The van der Waals surface area contributed by atoms with Gasteiger partial charge in [0.15, 0.2) is 0 Å². The minimum absolute atomic E-state index is 0.385. The number of esters is 1. The van der Waals surface area contributed by atoms with E-state index in [1.165, 1.54) is 7.11 Å². The zero-order valence-electron chi connectivity index (χ0n) is 10.5. The molecule has 0 spiro atoms. The third-order valence-corrected chi connectivity index (χ3v) is 3.09. The molecule has 6 heteroatoms. The normalized spacial score (nSPS) is 11.1. The molecule has 2 N–H and O–H groups in total. The molecule has 0 aliphatic carbocycles. The summed E-state index contributed by atoms with van der Waals surface area (Å²) >= 11 is 0. The fraction of sp³-hybridized carbons (Fsp3) is 0.154. The summed E-state index contributed by atoms with van der Waals surface area (Å²) in [5.74, 6) is 0.0389. The second-order valence-electron chi connectivity index (χ2n) is 4.24. The Morgan fingerprint density at radius 3 is 2.95 bits per heavy atom. The number of carbonyl (C=O) groups excluding carboxylic acids is 1. The van der Waals surface area contributed by atoms with Crippen LogP contribution >= 0.6 is 0 Å². The van der Waals surface area contributed by atoms with Crippen molar-refractivity contribution in [3.05, 3.63) is 35.8 Å². The Bertz CT molecular complexity index is 807. The number of aryl methyl sites for hydroxylation is 1. The van der Waals surface area contributed by atoms with Crippen LogP contribution in [0.4, 0.5) is 5.82 Å². The summed E-state index contributed by atoms with van der Waals surface area (Å²) in [5.41, 5.74) is 9.43. The molecular formula is C13H12N4O2. The van der Waals surface area contributed by atoms with Gasteiger partial charge in [0.05, 0.1) is 29.4 Å². The van der Waals surface area contributed by atoms with Gasteiger partial charge in [0.2, 0.25) is 0 Å². The molecule has 0 bridgehead atoms. The van der Waals surface area contributed by atoms with Crippen LogP contribution in [0.5, 0.6) is 0 Å². The van der Waals surface area contributed by atoms with Crippen LogP contribution in [0.15, 0.2) is 24.5 Å². The van der Waals surface area contributed by atoms with Crippen molar-refractivity contribution < 1.29 is 9.53 Å². The van der Waals surface area contributed by atoms with E-state index in [-0.39, 0.29) is 5.97 Å². The Morgan fingerprint density at radius 2 is 2.21 bits per heavy atom. The van der Waals surface area contributed by atoms with Gasteiger partial charge in [0.1, 0.15) is 17.7 Å². The lowest BCUT2D eigenvalue weighted by Gasteiger charge is -2.06. The van der Waals surface area contributed by atoms with Crippen LogP contribution in [0.2, 0.25) is 0 Å². The molecule has 6 nitrogen and oxygen atoms in total. The summed E-state index contributed by atoms with van der Waals surface area (Å²) in [4.78, 5) is 20.1. The smallest absolute Gasteiger partial charge is 0.337 e. The molecule has 0 atom stereocenters. The second kappa shape index (κ2) is 3.94. The Balaban J connectivity index is 2.41. The van der Waals surface area contributed by atoms with Crippen molar-refractivity contribution >= 4 is 28.3 Å². The average molecular weight is 256 g/mol.